The Morgan fingerprint density at radius 3 is 2.17 bits per heavy atom. The highest BCUT2D eigenvalue weighted by molar-refractivity contribution is 6.26. The summed E-state index contributed by atoms with van der Waals surface area (Å²) in [6, 6.07) is 0. The number of hydrogen-bond acceptors (Lipinski definition) is 1. The fraction of sp³-hybridized carbons (Fsp3) is 1.00. The molecule has 0 aromatic heterocycles. The Morgan fingerprint density at radius 1 is 1.67 bits per heavy atom. The van der Waals surface area contributed by atoms with Crippen LogP contribution in [-0.4, -0.2) is 11.4 Å². The molecule has 1 rings (SSSR count). The predicted molar refractivity (Wildman–Crippen MR) is 26.9 cm³/mol. The third-order valence-corrected chi connectivity index (χ3v) is 1.69. The van der Waals surface area contributed by atoms with Crippen molar-refractivity contribution in [2.24, 2.45) is 5.73 Å². The molecule has 1 nitrogen and oxygen atoms in total. The van der Waals surface area contributed by atoms with Gasteiger partial charge in [-0.2, -0.15) is 0 Å². The van der Waals surface area contributed by atoms with Gasteiger partial charge in [-0.1, -0.05) is 0 Å². The first kappa shape index (κ1) is 4.41. The minimum atomic E-state index is 0.0417. The first-order chi connectivity index (χ1) is 2.77. The molecule has 1 fully saturated rings. The van der Waals surface area contributed by atoms with Gasteiger partial charge in [-0.3, -0.25) is 0 Å². The molecule has 0 spiro atoms. The molecule has 0 amide bonds. The minimum absolute atomic E-state index is 0.0417. The standard InChI is InChI=1S/C4H8ClN/c5-4(3-6)1-2-4/h1-3,6H2. The molecule has 0 bridgehead atoms. The van der Waals surface area contributed by atoms with Crippen LogP contribution in [0.25, 0.3) is 0 Å². The van der Waals surface area contributed by atoms with Crippen LogP contribution in [-0.2, 0) is 0 Å². The average molecular weight is 106 g/mol. The Labute approximate surface area is 42.5 Å². The molecular weight excluding hydrogens is 97.5 g/mol. The van der Waals surface area contributed by atoms with Gasteiger partial charge in [0.2, 0.25) is 0 Å². The van der Waals surface area contributed by atoms with Crippen LogP contribution in [0.4, 0.5) is 0 Å². The van der Waals surface area contributed by atoms with Crippen molar-refractivity contribution in [1.82, 2.24) is 0 Å². The maximum absolute atomic E-state index is 5.70. The minimum Gasteiger partial charge on any atom is -0.329 e. The third-order valence-electron chi connectivity index (χ3n) is 1.16. The lowest BCUT2D eigenvalue weighted by molar-refractivity contribution is 0.888. The molecule has 0 aromatic rings. The quantitative estimate of drug-likeness (QED) is 0.489. The van der Waals surface area contributed by atoms with E-state index in [1.54, 1.807) is 0 Å². The van der Waals surface area contributed by atoms with Crippen LogP contribution in [0.2, 0.25) is 0 Å². The number of halogens is 1. The Hall–Kier alpha value is 0.250. The molecule has 1 saturated carbocycles. The second-order valence-electron chi connectivity index (χ2n) is 1.86. The van der Waals surface area contributed by atoms with Gasteiger partial charge in [-0.05, 0) is 12.8 Å². The fourth-order valence-electron chi connectivity index (χ4n) is 0.340. The zero-order valence-corrected chi connectivity index (χ0v) is 4.33. The van der Waals surface area contributed by atoms with Gasteiger partial charge in [-0.15, -0.1) is 11.6 Å². The van der Waals surface area contributed by atoms with Crippen LogP contribution in [0, 0.1) is 0 Å². The van der Waals surface area contributed by atoms with E-state index in [1.165, 1.54) is 0 Å². The van der Waals surface area contributed by atoms with E-state index in [4.69, 9.17) is 17.3 Å². The second kappa shape index (κ2) is 1.11. The largest absolute Gasteiger partial charge is 0.329 e. The van der Waals surface area contributed by atoms with Gasteiger partial charge >= 0.3 is 0 Å². The van der Waals surface area contributed by atoms with Gasteiger partial charge < -0.3 is 5.73 Å². The summed E-state index contributed by atoms with van der Waals surface area (Å²) < 4.78 is 0. The maximum Gasteiger partial charge on any atom is 0.0569 e. The SMILES string of the molecule is NCC1(Cl)CC1. The van der Waals surface area contributed by atoms with Crippen LogP contribution < -0.4 is 5.73 Å². The molecule has 0 atom stereocenters. The first-order valence-corrected chi connectivity index (χ1v) is 2.54. The molecule has 0 unspecified atom stereocenters. The lowest BCUT2D eigenvalue weighted by Gasteiger charge is -1.93. The van der Waals surface area contributed by atoms with E-state index < -0.39 is 0 Å². The second-order valence-corrected chi connectivity index (χ2v) is 2.66. The van der Waals surface area contributed by atoms with Crippen molar-refractivity contribution in [1.29, 1.82) is 0 Å². The van der Waals surface area contributed by atoms with Crippen LogP contribution in [0.1, 0.15) is 12.8 Å². The topological polar surface area (TPSA) is 26.0 Å². The molecule has 6 heavy (non-hydrogen) atoms. The molecule has 0 aliphatic heterocycles. The van der Waals surface area contributed by atoms with Crippen molar-refractivity contribution < 1.29 is 0 Å². The molecule has 0 saturated heterocycles. The summed E-state index contributed by atoms with van der Waals surface area (Å²) in [5.74, 6) is 0. The highest BCUT2D eigenvalue weighted by Crippen LogP contribution is 2.40. The van der Waals surface area contributed by atoms with E-state index in [-0.39, 0.29) is 4.87 Å². The number of hydrogen-bond donors (Lipinski definition) is 1. The molecule has 0 heterocycles. The summed E-state index contributed by atoms with van der Waals surface area (Å²) in [5, 5.41) is 0. The molecule has 2 N–H and O–H groups in total. The van der Waals surface area contributed by atoms with E-state index in [1.807, 2.05) is 0 Å². The Balaban J connectivity index is 2.28. The molecule has 1 aliphatic carbocycles. The van der Waals surface area contributed by atoms with Crippen molar-refractivity contribution >= 4 is 11.6 Å². The highest BCUT2D eigenvalue weighted by Gasteiger charge is 2.38. The summed E-state index contributed by atoms with van der Waals surface area (Å²) in [6.45, 7) is 0.647. The van der Waals surface area contributed by atoms with Gasteiger partial charge in [0.25, 0.3) is 0 Å². The lowest BCUT2D eigenvalue weighted by atomic mass is 10.4. The van der Waals surface area contributed by atoms with Crippen LogP contribution >= 0.6 is 11.6 Å². The number of nitrogens with two attached hydrogens (primary N) is 1. The van der Waals surface area contributed by atoms with Gasteiger partial charge in [0.1, 0.15) is 0 Å². The molecule has 0 aromatic carbocycles. The summed E-state index contributed by atoms with van der Waals surface area (Å²) in [5.41, 5.74) is 5.24. The van der Waals surface area contributed by atoms with Crippen LogP contribution in [0.3, 0.4) is 0 Å². The molecule has 0 radical (unpaired) electrons. The van der Waals surface area contributed by atoms with Crippen molar-refractivity contribution in [3.05, 3.63) is 0 Å². The van der Waals surface area contributed by atoms with Crippen LogP contribution in [0.5, 0.6) is 0 Å². The summed E-state index contributed by atoms with van der Waals surface area (Å²) in [6.07, 6.45) is 2.23. The van der Waals surface area contributed by atoms with Crippen molar-refractivity contribution in [2.75, 3.05) is 6.54 Å². The number of rotatable bonds is 1. The summed E-state index contributed by atoms with van der Waals surface area (Å²) in [7, 11) is 0. The normalized spacial score (nSPS) is 27.0. The molecular formula is C4H8ClN. The predicted octanol–water partition coefficient (Wildman–Crippen LogP) is 0.717. The van der Waals surface area contributed by atoms with Crippen molar-refractivity contribution in [2.45, 2.75) is 17.7 Å². The van der Waals surface area contributed by atoms with E-state index >= 15 is 0 Å². The van der Waals surface area contributed by atoms with Gasteiger partial charge in [-0.25, -0.2) is 0 Å². The monoisotopic (exact) mass is 105 g/mol. The summed E-state index contributed by atoms with van der Waals surface area (Å²) >= 11 is 5.70. The Bertz CT molecular complexity index is 58.6. The van der Waals surface area contributed by atoms with E-state index in [2.05, 4.69) is 0 Å². The third kappa shape index (κ3) is 0.660. The van der Waals surface area contributed by atoms with Crippen molar-refractivity contribution in [3.8, 4) is 0 Å². The lowest BCUT2D eigenvalue weighted by Crippen LogP contribution is -2.13. The van der Waals surface area contributed by atoms with E-state index in [0.29, 0.717) is 6.54 Å². The fourth-order valence-corrected chi connectivity index (χ4v) is 0.434. The number of alkyl halides is 1. The van der Waals surface area contributed by atoms with E-state index in [0.717, 1.165) is 12.8 Å². The van der Waals surface area contributed by atoms with Gasteiger partial charge in [0.05, 0.1) is 4.87 Å². The highest BCUT2D eigenvalue weighted by atomic mass is 35.5. The zero-order valence-electron chi connectivity index (χ0n) is 3.58. The summed E-state index contributed by atoms with van der Waals surface area (Å²) in [4.78, 5) is 0.0417. The smallest absolute Gasteiger partial charge is 0.0569 e. The molecule has 36 valence electrons. The average Bonchev–Trinajstić information content (AvgIpc) is 2.22. The van der Waals surface area contributed by atoms with Gasteiger partial charge in [0.15, 0.2) is 0 Å². The van der Waals surface area contributed by atoms with Crippen LogP contribution in [0.15, 0.2) is 0 Å². The Morgan fingerprint density at radius 2 is 2.17 bits per heavy atom. The Kier molecular flexibility index (Phi) is 0.815. The maximum atomic E-state index is 5.70. The van der Waals surface area contributed by atoms with Crippen molar-refractivity contribution in [3.63, 3.8) is 0 Å². The van der Waals surface area contributed by atoms with Gasteiger partial charge in [0, 0.05) is 6.54 Å². The molecule has 1 aliphatic rings. The first-order valence-electron chi connectivity index (χ1n) is 2.16. The molecule has 2 heteroatoms. The zero-order chi connectivity index (χ0) is 4.62. The van der Waals surface area contributed by atoms with E-state index in [9.17, 15) is 0 Å².